The van der Waals surface area contributed by atoms with Crippen LogP contribution in [-0.2, 0) is 9.84 Å². The second-order valence-electron chi connectivity index (χ2n) is 5.08. The van der Waals surface area contributed by atoms with Crippen LogP contribution in [0.25, 0.3) is 0 Å². The van der Waals surface area contributed by atoms with Gasteiger partial charge in [0.05, 0.1) is 10.8 Å². The Kier molecular flexibility index (Phi) is 3.25. The van der Waals surface area contributed by atoms with Crippen molar-refractivity contribution >= 4 is 9.84 Å². The summed E-state index contributed by atoms with van der Waals surface area (Å²) >= 11 is 0. The zero-order valence-electron chi connectivity index (χ0n) is 10.8. The van der Waals surface area contributed by atoms with Gasteiger partial charge in [-0.05, 0) is 12.5 Å². The van der Waals surface area contributed by atoms with Crippen LogP contribution in [0.15, 0.2) is 24.3 Å². The van der Waals surface area contributed by atoms with Gasteiger partial charge in [0.15, 0.2) is 9.84 Å². The van der Waals surface area contributed by atoms with Crippen LogP contribution < -0.4 is 11.5 Å². The summed E-state index contributed by atoms with van der Waals surface area (Å²) in [4.78, 5) is 0. The van der Waals surface area contributed by atoms with Gasteiger partial charge in [-0.1, -0.05) is 36.8 Å². The third-order valence-electron chi connectivity index (χ3n) is 3.88. The number of sulfone groups is 1. The Morgan fingerprint density at radius 3 is 2.28 bits per heavy atom. The van der Waals surface area contributed by atoms with E-state index < -0.39 is 20.6 Å². The lowest BCUT2D eigenvalue weighted by Gasteiger charge is -2.08. The highest BCUT2D eigenvalue weighted by atomic mass is 32.2. The molecule has 18 heavy (non-hydrogen) atoms. The number of benzene rings is 1. The molecule has 0 aromatic heterocycles. The average Bonchev–Trinajstić information content (AvgIpc) is 2.98. The normalized spacial score (nSPS) is 31.3. The minimum atomic E-state index is -3.16. The highest BCUT2D eigenvalue weighted by Gasteiger charge is 2.67. The summed E-state index contributed by atoms with van der Waals surface area (Å²) in [6.45, 7) is 3.84. The molecule has 2 rings (SSSR count). The average molecular weight is 268 g/mol. The van der Waals surface area contributed by atoms with E-state index >= 15 is 0 Å². The molecule has 0 saturated heterocycles. The quantitative estimate of drug-likeness (QED) is 0.835. The smallest absolute Gasteiger partial charge is 0.155 e. The predicted molar refractivity (Wildman–Crippen MR) is 73.1 cm³/mol. The van der Waals surface area contributed by atoms with Crippen LogP contribution in [0.5, 0.6) is 0 Å². The van der Waals surface area contributed by atoms with Crippen molar-refractivity contribution in [2.75, 3.05) is 12.3 Å². The van der Waals surface area contributed by atoms with Crippen molar-refractivity contribution in [2.24, 2.45) is 11.5 Å². The van der Waals surface area contributed by atoms with Crippen molar-refractivity contribution in [3.63, 3.8) is 0 Å². The van der Waals surface area contributed by atoms with Crippen molar-refractivity contribution in [1.29, 1.82) is 0 Å². The highest BCUT2D eigenvalue weighted by molar-refractivity contribution is 7.92. The van der Waals surface area contributed by atoms with Crippen molar-refractivity contribution in [1.82, 2.24) is 0 Å². The maximum Gasteiger partial charge on any atom is 0.155 e. The van der Waals surface area contributed by atoms with E-state index in [9.17, 15) is 8.42 Å². The lowest BCUT2D eigenvalue weighted by atomic mass is 10.1. The maximum absolute atomic E-state index is 12.1. The molecule has 0 aliphatic heterocycles. The molecule has 5 heteroatoms. The van der Waals surface area contributed by atoms with Crippen LogP contribution in [0.3, 0.4) is 0 Å². The molecule has 1 aliphatic rings. The fourth-order valence-electron chi connectivity index (χ4n) is 2.65. The molecular formula is C13H20N2O2S. The monoisotopic (exact) mass is 268 g/mol. The summed E-state index contributed by atoms with van der Waals surface area (Å²) in [6.07, 6.45) is 0. The number of hydrogen-bond acceptors (Lipinski definition) is 4. The third kappa shape index (κ3) is 1.96. The topological polar surface area (TPSA) is 86.2 Å². The summed E-state index contributed by atoms with van der Waals surface area (Å²) < 4.78 is 24.1. The molecule has 0 radical (unpaired) electrons. The fourth-order valence-corrected chi connectivity index (χ4v) is 4.66. The van der Waals surface area contributed by atoms with E-state index in [1.807, 2.05) is 31.2 Å². The van der Waals surface area contributed by atoms with Crippen molar-refractivity contribution in [3.8, 4) is 0 Å². The molecule has 0 bridgehead atoms. The first kappa shape index (κ1) is 13.5. The van der Waals surface area contributed by atoms with Crippen LogP contribution in [-0.4, -0.2) is 31.5 Å². The van der Waals surface area contributed by atoms with Crippen LogP contribution in [0, 0.1) is 6.92 Å². The van der Waals surface area contributed by atoms with Gasteiger partial charge in [-0.25, -0.2) is 8.42 Å². The van der Waals surface area contributed by atoms with E-state index in [0.29, 0.717) is 0 Å². The summed E-state index contributed by atoms with van der Waals surface area (Å²) in [5.41, 5.74) is 13.1. The molecular weight excluding hydrogens is 248 g/mol. The van der Waals surface area contributed by atoms with E-state index in [0.717, 1.165) is 11.1 Å². The Hall–Kier alpha value is -0.910. The minimum absolute atomic E-state index is 0.110. The van der Waals surface area contributed by atoms with Gasteiger partial charge in [-0.3, -0.25) is 0 Å². The lowest BCUT2D eigenvalue weighted by Crippen LogP contribution is -2.39. The van der Waals surface area contributed by atoms with Crippen LogP contribution in [0.1, 0.15) is 24.0 Å². The van der Waals surface area contributed by atoms with Crippen molar-refractivity contribution in [3.05, 3.63) is 35.4 Å². The third-order valence-corrected chi connectivity index (χ3v) is 6.17. The summed E-state index contributed by atoms with van der Waals surface area (Å²) in [5, 5.41) is -0.539. The van der Waals surface area contributed by atoms with Gasteiger partial charge in [0.1, 0.15) is 0 Å². The molecule has 100 valence electrons. The van der Waals surface area contributed by atoms with E-state index in [4.69, 9.17) is 11.5 Å². The SMILES string of the molecule is CCS(=O)(=O)[C@@H]1[C@H](c2ccc(C)cc2)[C@]1(N)CN. The first-order valence-electron chi connectivity index (χ1n) is 6.14. The van der Waals surface area contributed by atoms with E-state index in [-0.39, 0.29) is 18.2 Å². The van der Waals surface area contributed by atoms with Gasteiger partial charge < -0.3 is 11.5 Å². The second kappa shape index (κ2) is 4.33. The molecule has 4 nitrogen and oxygen atoms in total. The summed E-state index contributed by atoms with van der Waals surface area (Å²) in [6, 6.07) is 7.84. The maximum atomic E-state index is 12.1. The molecule has 1 saturated carbocycles. The molecule has 1 aromatic rings. The van der Waals surface area contributed by atoms with Crippen LogP contribution in [0.4, 0.5) is 0 Å². The molecule has 0 spiro atoms. The number of rotatable bonds is 4. The molecule has 1 aromatic carbocycles. The molecule has 4 N–H and O–H groups in total. The van der Waals surface area contributed by atoms with Crippen molar-refractivity contribution < 1.29 is 8.42 Å². The first-order valence-corrected chi connectivity index (χ1v) is 7.85. The minimum Gasteiger partial charge on any atom is -0.329 e. The first-order chi connectivity index (χ1) is 8.36. The summed E-state index contributed by atoms with van der Waals surface area (Å²) in [5.74, 6) is -0.0630. The number of nitrogens with two attached hydrogens (primary N) is 2. The predicted octanol–water partition coefficient (Wildman–Crippen LogP) is 0.552. The Balaban J connectivity index is 2.37. The van der Waals surface area contributed by atoms with Gasteiger partial charge >= 0.3 is 0 Å². The molecule has 0 unspecified atom stereocenters. The van der Waals surface area contributed by atoms with Gasteiger partial charge in [0.25, 0.3) is 0 Å². The zero-order valence-corrected chi connectivity index (χ0v) is 11.6. The van der Waals surface area contributed by atoms with Gasteiger partial charge in [-0.15, -0.1) is 0 Å². The molecule has 0 amide bonds. The Morgan fingerprint density at radius 1 is 1.28 bits per heavy atom. The van der Waals surface area contributed by atoms with E-state index in [1.165, 1.54) is 0 Å². The fraction of sp³-hybridized carbons (Fsp3) is 0.538. The Labute approximate surface area is 108 Å². The van der Waals surface area contributed by atoms with Gasteiger partial charge in [-0.2, -0.15) is 0 Å². The second-order valence-corrected chi connectivity index (χ2v) is 7.49. The van der Waals surface area contributed by atoms with Gasteiger partial charge in [0.2, 0.25) is 0 Å². The Bertz CT molecular complexity index is 539. The largest absolute Gasteiger partial charge is 0.329 e. The number of aryl methyl sites for hydroxylation is 1. The summed E-state index contributed by atoms with van der Waals surface area (Å²) in [7, 11) is -3.16. The van der Waals surface area contributed by atoms with E-state index in [2.05, 4.69) is 0 Å². The van der Waals surface area contributed by atoms with Gasteiger partial charge in [0, 0.05) is 18.2 Å². The Morgan fingerprint density at radius 2 is 1.83 bits per heavy atom. The highest BCUT2D eigenvalue weighted by Crippen LogP contribution is 2.53. The van der Waals surface area contributed by atoms with Crippen molar-refractivity contribution in [2.45, 2.75) is 30.6 Å². The number of hydrogen-bond donors (Lipinski definition) is 2. The molecule has 0 heterocycles. The lowest BCUT2D eigenvalue weighted by molar-refractivity contribution is 0.587. The zero-order chi connectivity index (χ0) is 13.6. The molecule has 1 aliphatic carbocycles. The standard InChI is InChI=1S/C13H20N2O2S/c1-3-18(16,17)12-11(13(12,15)8-14)10-6-4-9(2)5-7-10/h4-7,11-12H,3,8,14-15H2,1-2H3/t11-,12+,13+/m0/s1. The molecule has 1 fully saturated rings. The van der Waals surface area contributed by atoms with E-state index in [1.54, 1.807) is 6.92 Å². The van der Waals surface area contributed by atoms with Crippen LogP contribution >= 0.6 is 0 Å². The van der Waals surface area contributed by atoms with Crippen LogP contribution in [0.2, 0.25) is 0 Å². The molecule has 3 atom stereocenters.